The van der Waals surface area contributed by atoms with Gasteiger partial charge in [-0.3, -0.25) is 0 Å². The first-order valence-electron chi connectivity index (χ1n) is 11.6. The minimum absolute atomic E-state index is 0. The third kappa shape index (κ3) is 5.88. The van der Waals surface area contributed by atoms with Crippen LogP contribution in [0.3, 0.4) is 0 Å². The maximum Gasteiger partial charge on any atom is 0.416 e. The average Bonchev–Trinajstić information content (AvgIpc) is 2.90. The monoisotopic (exact) mass is 596 g/mol. The topological polar surface area (TPSA) is 87.8 Å². The van der Waals surface area contributed by atoms with Gasteiger partial charge in [0.25, 0.3) is 0 Å². The van der Waals surface area contributed by atoms with Crippen molar-refractivity contribution in [2.45, 2.75) is 17.1 Å². The molecule has 6 nitrogen and oxygen atoms in total. The number of halogens is 6. The lowest BCUT2D eigenvalue weighted by Gasteiger charge is -2.37. The summed E-state index contributed by atoms with van der Waals surface area (Å²) in [5.74, 6) is -0.853. The molecule has 0 saturated carbocycles. The standard InChI is InChI=1S/C27H21F5N4O2S.ClH/c28-20-7-1-16(2-8-20)13-18-14-36(39(37,38)22-11-5-19(6-12-22)27(30,31)32)15-23-24(34-26(33)35-25(18)23)17-3-9-21(29)10-4-17;/h1-13,24H,14-15H2,(H3,33,34,35);1H/b18-13+;. The number of alkyl halides is 3. The second kappa shape index (κ2) is 11.0. The van der Waals surface area contributed by atoms with Crippen LogP contribution in [-0.2, 0) is 16.2 Å². The number of hydrogen-bond donors (Lipinski definition) is 2. The van der Waals surface area contributed by atoms with E-state index in [2.05, 4.69) is 10.3 Å². The van der Waals surface area contributed by atoms with E-state index < -0.39 is 39.4 Å². The predicted octanol–water partition coefficient (Wildman–Crippen LogP) is 5.41. The first kappa shape index (κ1) is 29.2. The maximum atomic E-state index is 13.6. The molecule has 210 valence electrons. The molecule has 2 heterocycles. The minimum Gasteiger partial charge on any atom is -0.370 e. The van der Waals surface area contributed by atoms with E-state index in [1.54, 1.807) is 6.08 Å². The van der Waals surface area contributed by atoms with Crippen molar-refractivity contribution in [2.24, 2.45) is 10.7 Å². The van der Waals surface area contributed by atoms with Gasteiger partial charge in [0.2, 0.25) is 10.0 Å². The summed E-state index contributed by atoms with van der Waals surface area (Å²) in [5.41, 5.74) is 7.72. The summed E-state index contributed by atoms with van der Waals surface area (Å²) in [6.07, 6.45) is -2.96. The quantitative estimate of drug-likeness (QED) is 0.395. The molecular formula is C27H22ClF5N4O2S. The minimum atomic E-state index is -4.62. The number of sulfonamides is 1. The molecule has 2 aliphatic rings. The highest BCUT2D eigenvalue weighted by molar-refractivity contribution is 7.89. The number of nitrogens with one attached hydrogen (secondary N) is 1. The first-order valence-corrected chi connectivity index (χ1v) is 13.1. The van der Waals surface area contributed by atoms with E-state index in [1.807, 2.05) is 0 Å². The SMILES string of the molecule is Cl.NC1=NC(c2ccc(F)cc2)C2=C(N1)/C(=C/c1ccc(F)cc1)CN(S(=O)(=O)c1ccc(C(F)(F)F)cc1)C2. The second-order valence-electron chi connectivity index (χ2n) is 9.01. The van der Waals surface area contributed by atoms with E-state index in [0.29, 0.717) is 40.1 Å². The molecule has 1 unspecified atom stereocenters. The lowest BCUT2D eigenvalue weighted by molar-refractivity contribution is -0.137. The third-order valence-corrected chi connectivity index (χ3v) is 8.21. The summed E-state index contributed by atoms with van der Waals surface area (Å²) in [4.78, 5) is 4.11. The van der Waals surface area contributed by atoms with Crippen LogP contribution in [0.5, 0.6) is 0 Å². The van der Waals surface area contributed by atoms with Crippen LogP contribution in [0.4, 0.5) is 22.0 Å². The van der Waals surface area contributed by atoms with Crippen molar-refractivity contribution >= 4 is 34.5 Å². The Bertz CT molecular complexity index is 1600. The molecule has 3 aromatic rings. The van der Waals surface area contributed by atoms with Crippen molar-refractivity contribution < 1.29 is 30.4 Å². The van der Waals surface area contributed by atoms with Gasteiger partial charge in [-0.1, -0.05) is 24.3 Å². The highest BCUT2D eigenvalue weighted by Gasteiger charge is 2.38. The third-order valence-electron chi connectivity index (χ3n) is 6.40. The van der Waals surface area contributed by atoms with E-state index in [9.17, 15) is 30.4 Å². The number of nitrogens with two attached hydrogens (primary N) is 1. The van der Waals surface area contributed by atoms with Crippen molar-refractivity contribution in [1.82, 2.24) is 9.62 Å². The molecule has 0 amide bonds. The van der Waals surface area contributed by atoms with Gasteiger partial charge in [-0.25, -0.2) is 22.2 Å². The van der Waals surface area contributed by atoms with Gasteiger partial charge in [0.05, 0.1) is 10.5 Å². The molecule has 40 heavy (non-hydrogen) atoms. The molecule has 1 atom stereocenters. The van der Waals surface area contributed by atoms with E-state index >= 15 is 0 Å². The largest absolute Gasteiger partial charge is 0.416 e. The molecule has 0 radical (unpaired) electrons. The van der Waals surface area contributed by atoms with Gasteiger partial charge in [-0.05, 0) is 76.9 Å². The molecule has 0 saturated heterocycles. The van der Waals surface area contributed by atoms with Crippen molar-refractivity contribution in [3.05, 3.63) is 118 Å². The van der Waals surface area contributed by atoms with Gasteiger partial charge in [0.1, 0.15) is 17.7 Å². The Hall–Kier alpha value is -3.74. The first-order chi connectivity index (χ1) is 18.4. The van der Waals surface area contributed by atoms with Crippen LogP contribution in [0.15, 0.2) is 99.5 Å². The predicted molar refractivity (Wildman–Crippen MR) is 143 cm³/mol. The van der Waals surface area contributed by atoms with Crippen molar-refractivity contribution in [3.8, 4) is 0 Å². The van der Waals surface area contributed by atoms with Crippen molar-refractivity contribution in [2.75, 3.05) is 13.1 Å². The zero-order chi connectivity index (χ0) is 27.9. The Kier molecular flexibility index (Phi) is 8.06. The molecule has 0 fully saturated rings. The van der Waals surface area contributed by atoms with E-state index in [-0.39, 0.29) is 36.4 Å². The summed E-state index contributed by atoms with van der Waals surface area (Å²) >= 11 is 0. The molecule has 0 bridgehead atoms. The van der Waals surface area contributed by atoms with Crippen LogP contribution in [0.25, 0.3) is 6.08 Å². The molecule has 3 N–H and O–H groups in total. The summed E-state index contributed by atoms with van der Waals surface area (Å²) in [7, 11) is -4.27. The number of nitrogens with zero attached hydrogens (tertiary/aromatic N) is 2. The number of guanidine groups is 1. The molecule has 3 aromatic carbocycles. The van der Waals surface area contributed by atoms with Crippen molar-refractivity contribution in [1.29, 1.82) is 0 Å². The van der Waals surface area contributed by atoms with E-state index in [1.165, 1.54) is 48.5 Å². The van der Waals surface area contributed by atoms with Gasteiger partial charge >= 0.3 is 6.18 Å². The van der Waals surface area contributed by atoms with Gasteiger partial charge in [0, 0.05) is 18.8 Å². The maximum absolute atomic E-state index is 13.6. The molecular weight excluding hydrogens is 575 g/mol. The number of hydrogen-bond acceptors (Lipinski definition) is 5. The van der Waals surface area contributed by atoms with Crippen molar-refractivity contribution in [3.63, 3.8) is 0 Å². The summed E-state index contributed by atoms with van der Waals surface area (Å²) in [6, 6.07) is 13.6. The zero-order valence-electron chi connectivity index (χ0n) is 20.5. The Morgan fingerprint density at radius 1 is 0.900 bits per heavy atom. The molecule has 5 rings (SSSR count). The number of rotatable bonds is 4. The summed E-state index contributed by atoms with van der Waals surface area (Å²) in [5, 5.41) is 2.99. The van der Waals surface area contributed by atoms with Gasteiger partial charge in [0.15, 0.2) is 5.96 Å². The average molecular weight is 597 g/mol. The normalized spacial score (nSPS) is 19.0. The van der Waals surface area contributed by atoms with Crippen LogP contribution in [0.2, 0.25) is 0 Å². The van der Waals surface area contributed by atoms with Gasteiger partial charge in [-0.2, -0.15) is 17.5 Å². The Morgan fingerprint density at radius 3 is 2.05 bits per heavy atom. The Morgan fingerprint density at radius 2 is 1.48 bits per heavy atom. The highest BCUT2D eigenvalue weighted by Crippen LogP contribution is 2.38. The fourth-order valence-electron chi connectivity index (χ4n) is 4.50. The summed E-state index contributed by atoms with van der Waals surface area (Å²) < 4.78 is 94.7. The highest BCUT2D eigenvalue weighted by atomic mass is 35.5. The van der Waals surface area contributed by atoms with Crippen LogP contribution < -0.4 is 11.1 Å². The lowest BCUT2D eigenvalue weighted by Crippen LogP contribution is -2.46. The fraction of sp³-hybridized carbons (Fsp3) is 0.148. The van der Waals surface area contributed by atoms with Crippen LogP contribution in [0, 0.1) is 11.6 Å². The molecule has 2 aliphatic heterocycles. The summed E-state index contributed by atoms with van der Waals surface area (Å²) in [6.45, 7) is -0.318. The molecule has 0 aliphatic carbocycles. The smallest absolute Gasteiger partial charge is 0.370 e. The fourth-order valence-corrected chi connectivity index (χ4v) is 5.89. The van der Waals surface area contributed by atoms with Gasteiger partial charge in [-0.15, -0.1) is 12.4 Å². The van der Waals surface area contributed by atoms with E-state index in [4.69, 9.17) is 5.73 Å². The lowest BCUT2D eigenvalue weighted by atomic mass is 9.90. The van der Waals surface area contributed by atoms with Gasteiger partial charge < -0.3 is 11.1 Å². The number of aliphatic imine (C=N–C) groups is 1. The van der Waals surface area contributed by atoms with E-state index in [0.717, 1.165) is 16.4 Å². The zero-order valence-corrected chi connectivity index (χ0v) is 22.1. The molecule has 0 aromatic heterocycles. The molecule has 13 heteroatoms. The Labute approximate surface area is 233 Å². The Balaban J connectivity index is 0.00000370. The number of benzene rings is 3. The van der Waals surface area contributed by atoms with Crippen LogP contribution in [-0.4, -0.2) is 31.8 Å². The van der Waals surface area contributed by atoms with Crippen LogP contribution in [0.1, 0.15) is 22.7 Å². The van der Waals surface area contributed by atoms with Crippen LogP contribution >= 0.6 is 12.4 Å². The second-order valence-corrected chi connectivity index (χ2v) is 10.9. The molecule has 0 spiro atoms.